The number of hydrogen-bond donors (Lipinski definition) is 3. The van der Waals surface area contributed by atoms with Gasteiger partial charge in [0.2, 0.25) is 0 Å². The number of nitrogens with two attached hydrogens (primary N) is 1. The highest BCUT2D eigenvalue weighted by atomic mass is 31.1. The van der Waals surface area contributed by atoms with Gasteiger partial charge in [0.15, 0.2) is 0 Å². The van der Waals surface area contributed by atoms with Gasteiger partial charge in [-0.15, -0.1) is 0 Å². The maximum atomic E-state index is 9.28. The summed E-state index contributed by atoms with van der Waals surface area (Å²) in [6, 6.07) is 0. The molecule has 1 unspecified atom stereocenters. The first kappa shape index (κ1) is 4.98. The minimum absolute atomic E-state index is 1.59. The van der Waals surface area contributed by atoms with Crippen LogP contribution in [0.25, 0.3) is 0 Å². The topological polar surface area (TPSA) is 75.3 Å². The van der Waals surface area contributed by atoms with Crippen LogP contribution in [0.2, 0.25) is 0 Å². The lowest BCUT2D eigenvalue weighted by molar-refractivity contribution is 0.491. The molecular formula is H4N2O2P. The molecule has 0 aliphatic carbocycles. The lowest BCUT2D eigenvalue weighted by Crippen LogP contribution is -2.10. The highest BCUT2D eigenvalue weighted by Gasteiger charge is 1.75. The molecule has 0 fully saturated rings. The molecule has 0 bridgehead atoms. The van der Waals surface area contributed by atoms with E-state index in [1.807, 2.05) is 0 Å². The van der Waals surface area contributed by atoms with Gasteiger partial charge in [-0.2, -0.15) is 5.20 Å². The van der Waals surface area contributed by atoms with Crippen LogP contribution in [-0.4, -0.2) is 4.89 Å². The molecule has 4 nitrogen and oxygen atoms in total. The Morgan fingerprint density at radius 3 is 2.20 bits per heavy atom. The first-order valence-electron chi connectivity index (χ1n) is 0.895. The highest BCUT2D eigenvalue weighted by Crippen LogP contribution is 1.97. The lowest BCUT2D eigenvalue weighted by Gasteiger charge is -1.77. The van der Waals surface area contributed by atoms with Crippen molar-refractivity contribution in [3.05, 3.63) is 0 Å². The second kappa shape index (κ2) is 2.23. The van der Waals surface area contributed by atoms with Gasteiger partial charge in [-0.1, -0.05) is 0 Å². The molecule has 0 rings (SSSR count). The predicted molar refractivity (Wildman–Crippen MR) is 17.1 cm³/mol. The van der Waals surface area contributed by atoms with Gasteiger partial charge in [-0.3, -0.25) is 5.84 Å². The molecule has 0 aromatic rings. The molecule has 0 heterocycles. The van der Waals surface area contributed by atoms with Crippen LogP contribution in [0.3, 0.4) is 0 Å². The van der Waals surface area contributed by atoms with Crippen LogP contribution >= 0.6 is 8.18 Å². The van der Waals surface area contributed by atoms with E-state index in [1.54, 1.807) is 5.20 Å². The summed E-state index contributed by atoms with van der Waals surface area (Å²) in [6.07, 6.45) is 0. The molecule has 0 aliphatic rings. The van der Waals surface area contributed by atoms with E-state index in [9.17, 15) is 4.57 Å². The van der Waals surface area contributed by atoms with E-state index in [0.29, 0.717) is 0 Å². The third-order valence-corrected chi connectivity index (χ3v) is 0.331. The fourth-order valence-electron chi connectivity index (χ4n) is 0. The van der Waals surface area contributed by atoms with Crippen molar-refractivity contribution in [2.45, 2.75) is 0 Å². The molecule has 0 aromatic carbocycles. The van der Waals surface area contributed by atoms with Gasteiger partial charge in [0, 0.05) is 0 Å². The molecule has 5 heavy (non-hydrogen) atoms. The maximum absolute atomic E-state index is 9.28. The standard InChI is InChI=1S/H4N2O2P/c1-2-5(3)4/h1H2,(H2,2,3,4). The minimum Gasteiger partial charge on any atom is -0.307 e. The zero-order valence-electron chi connectivity index (χ0n) is 2.38. The van der Waals surface area contributed by atoms with Crippen molar-refractivity contribution >= 4 is 8.18 Å². The van der Waals surface area contributed by atoms with E-state index in [-0.39, 0.29) is 0 Å². The van der Waals surface area contributed by atoms with Gasteiger partial charge in [-0.05, 0) is 0 Å². The zero-order chi connectivity index (χ0) is 4.28. The van der Waals surface area contributed by atoms with E-state index < -0.39 is 8.18 Å². The number of hydrogen-bond acceptors (Lipinski definition) is 2. The Morgan fingerprint density at radius 1 is 2.00 bits per heavy atom. The third kappa shape index (κ3) is 3.98. The van der Waals surface area contributed by atoms with Crippen molar-refractivity contribution in [2.75, 3.05) is 0 Å². The van der Waals surface area contributed by atoms with Gasteiger partial charge >= 0.3 is 8.18 Å². The van der Waals surface area contributed by atoms with E-state index in [4.69, 9.17) is 4.89 Å². The average Bonchev–Trinajstić information content (AvgIpc) is 1.38. The summed E-state index contributed by atoms with van der Waals surface area (Å²) in [7, 11) is -2.32. The molecule has 0 amide bonds. The van der Waals surface area contributed by atoms with Crippen LogP contribution in [0, 0.1) is 0 Å². The minimum atomic E-state index is -2.32. The van der Waals surface area contributed by atoms with Gasteiger partial charge in [-0.25, -0.2) is 4.57 Å². The summed E-state index contributed by atoms with van der Waals surface area (Å²) in [6.45, 7) is 0. The largest absolute Gasteiger partial charge is 0.307 e. The Morgan fingerprint density at radius 2 is 2.20 bits per heavy atom. The van der Waals surface area contributed by atoms with Gasteiger partial charge in [0.05, 0.1) is 0 Å². The van der Waals surface area contributed by atoms with Crippen molar-refractivity contribution in [1.82, 2.24) is 5.20 Å². The van der Waals surface area contributed by atoms with E-state index in [1.165, 1.54) is 0 Å². The molecule has 4 N–H and O–H groups in total. The van der Waals surface area contributed by atoms with Gasteiger partial charge < -0.3 is 4.89 Å². The quantitative estimate of drug-likeness (QED) is 0.224. The number of rotatable bonds is 1. The van der Waals surface area contributed by atoms with Crippen LogP contribution in [-0.2, 0) is 4.57 Å². The molecule has 0 saturated heterocycles. The first-order valence-corrected chi connectivity index (χ1v) is 2.11. The van der Waals surface area contributed by atoms with Crippen molar-refractivity contribution in [3.8, 4) is 0 Å². The maximum Gasteiger partial charge on any atom is 0.306 e. The summed E-state index contributed by atoms with van der Waals surface area (Å²) in [5.74, 6) is 4.39. The molecule has 31 valence electrons. The van der Waals surface area contributed by atoms with E-state index in [2.05, 4.69) is 5.84 Å². The number of nitrogens with one attached hydrogen (secondary N) is 1. The average molecular weight is 95.0 g/mol. The number of hydrazine groups is 1. The molecule has 0 saturated carbocycles. The summed E-state index contributed by atoms with van der Waals surface area (Å²) in [5.41, 5.74) is 0. The van der Waals surface area contributed by atoms with Crippen LogP contribution in [0.4, 0.5) is 0 Å². The Hall–Kier alpha value is -0.0200. The predicted octanol–water partition coefficient (Wildman–Crippen LogP) is -0.901. The Kier molecular flexibility index (Phi) is 2.22. The lowest BCUT2D eigenvalue weighted by atomic mass is 13.0. The van der Waals surface area contributed by atoms with E-state index >= 15 is 0 Å². The van der Waals surface area contributed by atoms with Crippen LogP contribution in [0.5, 0.6) is 0 Å². The molecule has 1 radical (unpaired) electrons. The van der Waals surface area contributed by atoms with Crippen molar-refractivity contribution in [1.29, 1.82) is 0 Å². The summed E-state index contributed by atoms with van der Waals surface area (Å²) in [5, 5.41) is 1.59. The molecule has 0 aromatic heterocycles. The summed E-state index contributed by atoms with van der Waals surface area (Å²) < 4.78 is 9.28. The molecule has 0 aliphatic heterocycles. The van der Waals surface area contributed by atoms with Crippen LogP contribution in [0.15, 0.2) is 0 Å². The fourth-order valence-corrected chi connectivity index (χ4v) is 0. The normalized spacial score (nSPS) is 11.2. The van der Waals surface area contributed by atoms with Crippen LogP contribution in [0.1, 0.15) is 0 Å². The second-order valence-corrected chi connectivity index (χ2v) is 1.21. The first-order chi connectivity index (χ1) is 2.27. The summed E-state index contributed by atoms with van der Waals surface area (Å²) >= 11 is 0. The van der Waals surface area contributed by atoms with Gasteiger partial charge in [0.25, 0.3) is 0 Å². The monoisotopic (exact) mass is 95.0 g/mol. The third-order valence-electron chi connectivity index (χ3n) is 0.110. The summed E-state index contributed by atoms with van der Waals surface area (Å²) in [4.78, 5) is 7.63. The van der Waals surface area contributed by atoms with Gasteiger partial charge in [0.1, 0.15) is 0 Å². The second-order valence-electron chi connectivity index (χ2n) is 0.402. The highest BCUT2D eigenvalue weighted by molar-refractivity contribution is 7.35. The van der Waals surface area contributed by atoms with Crippen molar-refractivity contribution in [2.24, 2.45) is 5.84 Å². The van der Waals surface area contributed by atoms with Crippen molar-refractivity contribution < 1.29 is 9.46 Å². The zero-order valence-corrected chi connectivity index (χ0v) is 3.27. The molecular weight excluding hydrogens is 91.0 g/mol. The SMILES string of the molecule is NN[P](=O)O. The Balaban J connectivity index is 2.85. The Labute approximate surface area is 29.9 Å². The smallest absolute Gasteiger partial charge is 0.306 e. The van der Waals surface area contributed by atoms with Crippen LogP contribution < -0.4 is 11.0 Å². The van der Waals surface area contributed by atoms with Crippen molar-refractivity contribution in [3.63, 3.8) is 0 Å². The molecule has 5 heteroatoms. The van der Waals surface area contributed by atoms with E-state index in [0.717, 1.165) is 0 Å². The molecule has 1 atom stereocenters. The fraction of sp³-hybridized carbons (Fsp3) is 0. The Bertz CT molecular complexity index is 42.9. The molecule has 0 spiro atoms.